The van der Waals surface area contributed by atoms with Gasteiger partial charge in [-0.05, 0) is 58.3 Å². The van der Waals surface area contributed by atoms with Crippen molar-refractivity contribution >= 4 is 0 Å². The molecule has 3 heteroatoms. The smallest absolute Gasteiger partial charge is 0.138 e. The van der Waals surface area contributed by atoms with Crippen LogP contribution >= 0.6 is 0 Å². The molecule has 3 atom stereocenters. The minimum Gasteiger partial charge on any atom is -0.361 e. The standard InChI is InChI=1S/C16H26N2O/c1-10(16-11(2)18-19-12(16)3)17-15-6-4-5-14(9-15)13-7-8-13/h10,13-15,17H,4-9H2,1-3H3. The van der Waals surface area contributed by atoms with Crippen LogP contribution in [0.15, 0.2) is 4.52 Å². The van der Waals surface area contributed by atoms with Crippen LogP contribution in [0.5, 0.6) is 0 Å². The van der Waals surface area contributed by atoms with Gasteiger partial charge < -0.3 is 9.84 Å². The van der Waals surface area contributed by atoms with E-state index in [2.05, 4.69) is 17.4 Å². The quantitative estimate of drug-likeness (QED) is 0.894. The molecule has 2 aliphatic carbocycles. The molecule has 0 bridgehead atoms. The molecule has 1 aromatic rings. The Balaban J connectivity index is 1.61. The minimum absolute atomic E-state index is 0.356. The molecule has 2 fully saturated rings. The molecule has 2 aliphatic rings. The third-order valence-electron chi connectivity index (χ3n) is 5.01. The number of hydrogen-bond donors (Lipinski definition) is 1. The van der Waals surface area contributed by atoms with Crippen molar-refractivity contribution in [1.82, 2.24) is 10.5 Å². The lowest BCUT2D eigenvalue weighted by Gasteiger charge is -2.32. The Bertz CT molecular complexity index is 416. The third kappa shape index (κ3) is 2.86. The molecule has 3 rings (SSSR count). The maximum Gasteiger partial charge on any atom is 0.138 e. The van der Waals surface area contributed by atoms with Gasteiger partial charge in [0.25, 0.3) is 0 Å². The molecular formula is C16H26N2O. The first-order valence-electron chi connectivity index (χ1n) is 7.84. The monoisotopic (exact) mass is 262 g/mol. The molecule has 0 amide bonds. The fourth-order valence-electron chi connectivity index (χ4n) is 3.92. The molecule has 0 radical (unpaired) electrons. The zero-order valence-corrected chi connectivity index (χ0v) is 12.4. The summed E-state index contributed by atoms with van der Waals surface area (Å²) in [4.78, 5) is 0. The van der Waals surface area contributed by atoms with E-state index in [1.807, 2.05) is 13.8 Å². The van der Waals surface area contributed by atoms with Gasteiger partial charge in [-0.1, -0.05) is 18.0 Å². The maximum atomic E-state index is 5.28. The minimum atomic E-state index is 0.356. The number of nitrogens with zero attached hydrogens (tertiary/aromatic N) is 1. The van der Waals surface area contributed by atoms with Crippen LogP contribution in [0.1, 0.15) is 68.5 Å². The summed E-state index contributed by atoms with van der Waals surface area (Å²) in [6.45, 7) is 6.30. The highest BCUT2D eigenvalue weighted by Gasteiger charge is 2.35. The summed E-state index contributed by atoms with van der Waals surface area (Å²) in [6, 6.07) is 1.04. The molecule has 19 heavy (non-hydrogen) atoms. The number of nitrogens with one attached hydrogen (secondary N) is 1. The molecule has 1 aromatic heterocycles. The van der Waals surface area contributed by atoms with Crippen molar-refractivity contribution < 1.29 is 4.52 Å². The Hall–Kier alpha value is -0.830. The van der Waals surface area contributed by atoms with Gasteiger partial charge in [0, 0.05) is 17.6 Å². The fourth-order valence-corrected chi connectivity index (χ4v) is 3.92. The molecule has 2 saturated carbocycles. The van der Waals surface area contributed by atoms with Gasteiger partial charge in [0.15, 0.2) is 0 Å². The van der Waals surface area contributed by atoms with E-state index in [-0.39, 0.29) is 0 Å². The first-order chi connectivity index (χ1) is 9.15. The molecule has 1 heterocycles. The zero-order valence-electron chi connectivity index (χ0n) is 12.4. The Labute approximate surface area is 116 Å². The third-order valence-corrected chi connectivity index (χ3v) is 5.01. The van der Waals surface area contributed by atoms with Crippen molar-refractivity contribution in [1.29, 1.82) is 0 Å². The molecule has 0 aromatic carbocycles. The van der Waals surface area contributed by atoms with Crippen LogP contribution in [-0.4, -0.2) is 11.2 Å². The lowest BCUT2D eigenvalue weighted by molar-refractivity contribution is 0.249. The van der Waals surface area contributed by atoms with Crippen molar-refractivity contribution in [3.05, 3.63) is 17.0 Å². The number of hydrogen-bond acceptors (Lipinski definition) is 3. The maximum absolute atomic E-state index is 5.28. The Morgan fingerprint density at radius 1 is 1.16 bits per heavy atom. The lowest BCUT2D eigenvalue weighted by Crippen LogP contribution is -2.36. The molecule has 3 nitrogen and oxygen atoms in total. The van der Waals surface area contributed by atoms with Crippen LogP contribution in [-0.2, 0) is 0 Å². The Morgan fingerprint density at radius 3 is 2.58 bits per heavy atom. The van der Waals surface area contributed by atoms with Gasteiger partial charge >= 0.3 is 0 Å². The number of aryl methyl sites for hydroxylation is 2. The Morgan fingerprint density at radius 2 is 1.95 bits per heavy atom. The summed E-state index contributed by atoms with van der Waals surface area (Å²) in [5.41, 5.74) is 2.29. The largest absolute Gasteiger partial charge is 0.361 e. The van der Waals surface area contributed by atoms with E-state index >= 15 is 0 Å². The van der Waals surface area contributed by atoms with Gasteiger partial charge in [0.1, 0.15) is 5.76 Å². The van der Waals surface area contributed by atoms with Gasteiger partial charge in [-0.3, -0.25) is 0 Å². The summed E-state index contributed by atoms with van der Waals surface area (Å²) in [6.07, 6.45) is 8.53. The SMILES string of the molecule is Cc1noc(C)c1C(C)NC1CCCC(C2CC2)C1. The van der Waals surface area contributed by atoms with E-state index in [0.717, 1.165) is 23.3 Å². The van der Waals surface area contributed by atoms with E-state index in [9.17, 15) is 0 Å². The topological polar surface area (TPSA) is 38.1 Å². The highest BCUT2D eigenvalue weighted by molar-refractivity contribution is 5.24. The van der Waals surface area contributed by atoms with Crippen LogP contribution in [0.4, 0.5) is 0 Å². The molecule has 3 unspecified atom stereocenters. The Kier molecular flexibility index (Phi) is 3.66. The van der Waals surface area contributed by atoms with E-state index in [1.165, 1.54) is 44.1 Å². The molecular weight excluding hydrogens is 236 g/mol. The van der Waals surface area contributed by atoms with Crippen molar-refractivity contribution in [2.75, 3.05) is 0 Å². The van der Waals surface area contributed by atoms with Crippen LogP contribution in [0.25, 0.3) is 0 Å². The molecule has 1 N–H and O–H groups in total. The van der Waals surface area contributed by atoms with Crippen LogP contribution in [0, 0.1) is 25.7 Å². The normalized spacial score (nSPS) is 29.4. The molecule has 106 valence electrons. The van der Waals surface area contributed by atoms with Gasteiger partial charge in [-0.15, -0.1) is 0 Å². The van der Waals surface area contributed by atoms with Crippen molar-refractivity contribution in [2.45, 2.75) is 71.4 Å². The number of aromatic nitrogens is 1. The first-order valence-corrected chi connectivity index (χ1v) is 7.84. The summed E-state index contributed by atoms with van der Waals surface area (Å²) in [7, 11) is 0. The van der Waals surface area contributed by atoms with Gasteiger partial charge in [-0.2, -0.15) is 0 Å². The summed E-state index contributed by atoms with van der Waals surface area (Å²) >= 11 is 0. The van der Waals surface area contributed by atoms with Crippen LogP contribution < -0.4 is 5.32 Å². The second kappa shape index (κ2) is 5.28. The molecule has 0 saturated heterocycles. The zero-order chi connectivity index (χ0) is 13.4. The van der Waals surface area contributed by atoms with E-state index in [1.54, 1.807) is 0 Å². The average Bonchev–Trinajstić information content (AvgIpc) is 3.16. The predicted octanol–water partition coefficient (Wildman–Crippen LogP) is 3.91. The highest BCUT2D eigenvalue weighted by atomic mass is 16.5. The van der Waals surface area contributed by atoms with Gasteiger partial charge in [-0.25, -0.2) is 0 Å². The summed E-state index contributed by atoms with van der Waals surface area (Å²) < 4.78 is 5.28. The van der Waals surface area contributed by atoms with E-state index in [4.69, 9.17) is 4.52 Å². The molecule has 0 aliphatic heterocycles. The van der Waals surface area contributed by atoms with E-state index in [0.29, 0.717) is 12.1 Å². The van der Waals surface area contributed by atoms with Crippen LogP contribution in [0.2, 0.25) is 0 Å². The summed E-state index contributed by atoms with van der Waals surface area (Å²) in [5, 5.41) is 7.88. The van der Waals surface area contributed by atoms with Crippen LogP contribution in [0.3, 0.4) is 0 Å². The highest BCUT2D eigenvalue weighted by Crippen LogP contribution is 2.44. The molecule has 0 spiro atoms. The lowest BCUT2D eigenvalue weighted by atomic mass is 9.82. The average molecular weight is 262 g/mol. The van der Waals surface area contributed by atoms with Crippen molar-refractivity contribution in [3.63, 3.8) is 0 Å². The summed E-state index contributed by atoms with van der Waals surface area (Å²) in [5.74, 6) is 3.01. The van der Waals surface area contributed by atoms with Crippen molar-refractivity contribution in [2.24, 2.45) is 11.8 Å². The first kappa shape index (κ1) is 13.2. The predicted molar refractivity (Wildman–Crippen MR) is 76.0 cm³/mol. The van der Waals surface area contributed by atoms with Gasteiger partial charge in [0.2, 0.25) is 0 Å². The van der Waals surface area contributed by atoms with Crippen molar-refractivity contribution in [3.8, 4) is 0 Å². The van der Waals surface area contributed by atoms with E-state index < -0.39 is 0 Å². The number of rotatable bonds is 4. The second-order valence-electron chi connectivity index (χ2n) is 6.59. The second-order valence-corrected chi connectivity index (χ2v) is 6.59. The fraction of sp³-hybridized carbons (Fsp3) is 0.812. The van der Waals surface area contributed by atoms with Gasteiger partial charge in [0.05, 0.1) is 5.69 Å².